The third-order valence-electron chi connectivity index (χ3n) is 2.45. The smallest absolute Gasteiger partial charge is 0.309 e. The molecule has 4 nitrogen and oxygen atoms in total. The predicted molar refractivity (Wildman–Crippen MR) is 43.6 cm³/mol. The van der Waals surface area contributed by atoms with Gasteiger partial charge in [-0.15, -0.1) is 0 Å². The molecule has 0 radical (unpaired) electrons. The number of rotatable bonds is 1. The highest BCUT2D eigenvalue weighted by Gasteiger charge is 2.39. The summed E-state index contributed by atoms with van der Waals surface area (Å²) in [5.74, 6) is -0.872. The quantitative estimate of drug-likeness (QED) is 0.648. The Labute approximate surface area is 71.5 Å². The van der Waals surface area contributed by atoms with Crippen molar-refractivity contribution in [1.29, 1.82) is 0 Å². The summed E-state index contributed by atoms with van der Waals surface area (Å²) in [5, 5.41) is 8.77. The molecule has 0 atom stereocenters. The number of hydrogen-bond acceptors (Lipinski definition) is 3. The van der Waals surface area contributed by atoms with E-state index in [2.05, 4.69) is 0 Å². The van der Waals surface area contributed by atoms with Crippen molar-refractivity contribution in [3.63, 3.8) is 0 Å². The number of carboxylic acid groups (broad SMARTS) is 1. The molecular weight excluding hydrogens is 180 g/mol. The largest absolute Gasteiger partial charge is 0.481 e. The lowest BCUT2D eigenvalue weighted by Crippen LogP contribution is -2.37. The van der Waals surface area contributed by atoms with Crippen LogP contribution in [0.5, 0.6) is 0 Å². The van der Waals surface area contributed by atoms with Gasteiger partial charge < -0.3 is 5.11 Å². The van der Waals surface area contributed by atoms with E-state index in [1.807, 2.05) is 0 Å². The van der Waals surface area contributed by atoms with Crippen LogP contribution in [-0.2, 0) is 14.6 Å². The van der Waals surface area contributed by atoms with Gasteiger partial charge in [-0.3, -0.25) is 4.79 Å². The summed E-state index contributed by atoms with van der Waals surface area (Å²) in [6.45, 7) is 1.60. The standard InChI is InChI=1S/C7H12O4S/c1-7(6(8)9)2-4-12(10,11)5-3-7/h2-5H2,1H3,(H,8,9). The van der Waals surface area contributed by atoms with E-state index >= 15 is 0 Å². The zero-order valence-electron chi connectivity index (χ0n) is 6.91. The van der Waals surface area contributed by atoms with E-state index < -0.39 is 21.2 Å². The van der Waals surface area contributed by atoms with E-state index in [-0.39, 0.29) is 24.3 Å². The zero-order chi connectivity index (χ0) is 9.41. The maximum absolute atomic E-state index is 11.0. The number of hydrogen-bond donors (Lipinski definition) is 1. The van der Waals surface area contributed by atoms with Gasteiger partial charge in [0.2, 0.25) is 0 Å². The minimum atomic E-state index is -2.95. The summed E-state index contributed by atoms with van der Waals surface area (Å²) in [7, 11) is -2.95. The van der Waals surface area contributed by atoms with Crippen molar-refractivity contribution in [2.75, 3.05) is 11.5 Å². The van der Waals surface area contributed by atoms with Crippen LogP contribution in [0, 0.1) is 5.41 Å². The minimum absolute atomic E-state index is 0.00972. The van der Waals surface area contributed by atoms with Crippen molar-refractivity contribution in [3.05, 3.63) is 0 Å². The second-order valence-corrected chi connectivity index (χ2v) is 5.82. The van der Waals surface area contributed by atoms with Gasteiger partial charge >= 0.3 is 5.97 Å². The van der Waals surface area contributed by atoms with E-state index in [0.29, 0.717) is 0 Å². The predicted octanol–water partition coefficient (Wildman–Crippen LogP) is 0.286. The second kappa shape index (κ2) is 2.73. The highest BCUT2D eigenvalue weighted by atomic mass is 32.2. The van der Waals surface area contributed by atoms with E-state index in [1.165, 1.54) is 0 Å². The van der Waals surface area contributed by atoms with E-state index in [4.69, 9.17) is 5.11 Å². The molecule has 0 aliphatic carbocycles. The lowest BCUT2D eigenvalue weighted by Gasteiger charge is -2.28. The van der Waals surface area contributed by atoms with Gasteiger partial charge in [0.15, 0.2) is 0 Å². The van der Waals surface area contributed by atoms with Crippen LogP contribution in [0.1, 0.15) is 19.8 Å². The number of sulfone groups is 1. The molecule has 1 aliphatic heterocycles. The zero-order valence-corrected chi connectivity index (χ0v) is 7.73. The van der Waals surface area contributed by atoms with Crippen LogP contribution in [0.4, 0.5) is 0 Å². The molecule has 0 aromatic heterocycles. The fourth-order valence-corrected chi connectivity index (χ4v) is 2.93. The lowest BCUT2D eigenvalue weighted by atomic mass is 9.84. The molecule has 0 unspecified atom stereocenters. The van der Waals surface area contributed by atoms with Gasteiger partial charge in [-0.1, -0.05) is 0 Å². The fraction of sp³-hybridized carbons (Fsp3) is 0.857. The van der Waals surface area contributed by atoms with Crippen LogP contribution in [0.15, 0.2) is 0 Å². The van der Waals surface area contributed by atoms with Crippen LogP contribution < -0.4 is 0 Å². The average molecular weight is 192 g/mol. The topological polar surface area (TPSA) is 71.4 Å². The summed E-state index contributed by atoms with van der Waals surface area (Å²) in [6, 6.07) is 0. The van der Waals surface area contributed by atoms with Crippen molar-refractivity contribution in [3.8, 4) is 0 Å². The molecule has 1 saturated heterocycles. The Balaban J connectivity index is 2.74. The minimum Gasteiger partial charge on any atom is -0.481 e. The van der Waals surface area contributed by atoms with Crippen molar-refractivity contribution in [1.82, 2.24) is 0 Å². The third kappa shape index (κ3) is 1.77. The fourth-order valence-electron chi connectivity index (χ4n) is 1.20. The van der Waals surface area contributed by atoms with E-state index in [0.717, 1.165) is 0 Å². The molecule has 12 heavy (non-hydrogen) atoms. The van der Waals surface area contributed by atoms with Crippen LogP contribution in [0.25, 0.3) is 0 Å². The first kappa shape index (κ1) is 9.51. The summed E-state index contributed by atoms with van der Waals surface area (Å²) >= 11 is 0. The van der Waals surface area contributed by atoms with Crippen LogP contribution in [0.2, 0.25) is 0 Å². The van der Waals surface area contributed by atoms with E-state index in [9.17, 15) is 13.2 Å². The lowest BCUT2D eigenvalue weighted by molar-refractivity contribution is -0.148. The van der Waals surface area contributed by atoms with E-state index in [1.54, 1.807) is 6.92 Å². The maximum Gasteiger partial charge on any atom is 0.309 e. The van der Waals surface area contributed by atoms with Crippen molar-refractivity contribution < 1.29 is 18.3 Å². The molecule has 0 aromatic rings. The summed E-state index contributed by atoms with van der Waals surface area (Å²) in [5.41, 5.74) is -0.828. The van der Waals surface area contributed by atoms with Crippen LogP contribution >= 0.6 is 0 Å². The molecule has 1 rings (SSSR count). The molecule has 0 amide bonds. The molecule has 0 bridgehead atoms. The molecule has 0 spiro atoms. The van der Waals surface area contributed by atoms with Crippen LogP contribution in [0.3, 0.4) is 0 Å². The second-order valence-electron chi connectivity index (χ2n) is 3.52. The van der Waals surface area contributed by atoms with Crippen LogP contribution in [-0.4, -0.2) is 31.0 Å². The Kier molecular flexibility index (Phi) is 2.16. The first-order valence-electron chi connectivity index (χ1n) is 3.80. The Morgan fingerprint density at radius 2 is 1.75 bits per heavy atom. The summed E-state index contributed by atoms with van der Waals surface area (Å²) < 4.78 is 21.9. The molecule has 1 N–H and O–H groups in total. The van der Waals surface area contributed by atoms with Crippen molar-refractivity contribution in [2.24, 2.45) is 5.41 Å². The molecule has 70 valence electrons. The Bertz CT molecular complexity index is 277. The number of carboxylic acids is 1. The SMILES string of the molecule is CC1(C(=O)O)CCS(=O)(=O)CC1. The highest BCUT2D eigenvalue weighted by Crippen LogP contribution is 2.31. The average Bonchev–Trinajstić information content (AvgIpc) is 1.96. The van der Waals surface area contributed by atoms with Gasteiger partial charge in [-0.05, 0) is 19.8 Å². The Hall–Kier alpha value is -0.580. The van der Waals surface area contributed by atoms with Crippen molar-refractivity contribution in [2.45, 2.75) is 19.8 Å². The maximum atomic E-state index is 11.0. The van der Waals surface area contributed by atoms with Gasteiger partial charge in [0.05, 0.1) is 16.9 Å². The van der Waals surface area contributed by atoms with Gasteiger partial charge in [0.25, 0.3) is 0 Å². The Morgan fingerprint density at radius 3 is 2.08 bits per heavy atom. The van der Waals surface area contributed by atoms with Gasteiger partial charge in [-0.2, -0.15) is 0 Å². The molecule has 0 aromatic carbocycles. The van der Waals surface area contributed by atoms with Crippen molar-refractivity contribution >= 4 is 15.8 Å². The number of aliphatic carboxylic acids is 1. The highest BCUT2D eigenvalue weighted by molar-refractivity contribution is 7.91. The molecule has 5 heteroatoms. The van der Waals surface area contributed by atoms with Gasteiger partial charge in [0.1, 0.15) is 9.84 Å². The molecule has 0 saturated carbocycles. The first-order chi connectivity index (χ1) is 5.36. The molecule has 1 heterocycles. The molecular formula is C7H12O4S. The molecule has 1 aliphatic rings. The normalized spacial score (nSPS) is 26.4. The summed E-state index contributed by atoms with van der Waals surface area (Å²) in [4.78, 5) is 10.7. The summed E-state index contributed by atoms with van der Waals surface area (Å²) in [6.07, 6.45) is 0.481. The van der Waals surface area contributed by atoms with Gasteiger partial charge in [0, 0.05) is 0 Å². The Morgan fingerprint density at radius 1 is 1.33 bits per heavy atom. The first-order valence-corrected chi connectivity index (χ1v) is 5.62. The molecule has 1 fully saturated rings. The monoisotopic (exact) mass is 192 g/mol. The number of carbonyl (C=O) groups is 1. The third-order valence-corrected chi connectivity index (χ3v) is 4.10. The van der Waals surface area contributed by atoms with Gasteiger partial charge in [-0.25, -0.2) is 8.42 Å².